The van der Waals surface area contributed by atoms with E-state index in [0.29, 0.717) is 35.3 Å². The van der Waals surface area contributed by atoms with Crippen LogP contribution in [0.2, 0.25) is 5.02 Å². The molecule has 0 atom stereocenters. The highest BCUT2D eigenvalue weighted by Gasteiger charge is 2.19. The Bertz CT molecular complexity index is 688. The van der Waals surface area contributed by atoms with Crippen molar-refractivity contribution in [1.82, 2.24) is 0 Å². The van der Waals surface area contributed by atoms with Crippen LogP contribution in [0.25, 0.3) is 0 Å². The fourth-order valence-corrected chi connectivity index (χ4v) is 2.60. The number of benzene rings is 2. The first kappa shape index (κ1) is 14.5. The van der Waals surface area contributed by atoms with Crippen LogP contribution in [0.3, 0.4) is 0 Å². The minimum absolute atomic E-state index is 0.241. The predicted octanol–water partition coefficient (Wildman–Crippen LogP) is 3.97. The summed E-state index contributed by atoms with van der Waals surface area (Å²) in [6.45, 7) is 0.909. The average Bonchev–Trinajstić information content (AvgIpc) is 2.49. The van der Waals surface area contributed by atoms with Crippen LogP contribution >= 0.6 is 34.2 Å². The Balaban J connectivity index is 1.84. The molecule has 0 bridgehead atoms. The van der Waals surface area contributed by atoms with Gasteiger partial charge in [0.25, 0.3) is 5.91 Å². The number of nitrogens with one attached hydrogen (secondary N) is 1. The first-order valence-corrected chi connectivity index (χ1v) is 7.75. The highest BCUT2D eigenvalue weighted by molar-refractivity contribution is 14.1. The van der Waals surface area contributed by atoms with Gasteiger partial charge in [-0.1, -0.05) is 11.6 Å². The molecule has 0 radical (unpaired) electrons. The molecule has 0 aliphatic carbocycles. The van der Waals surface area contributed by atoms with Gasteiger partial charge in [0.1, 0.15) is 13.2 Å². The smallest absolute Gasteiger partial charge is 0.255 e. The van der Waals surface area contributed by atoms with Gasteiger partial charge < -0.3 is 14.8 Å². The SMILES string of the molecule is O=C(Nc1ccc(I)cc1)c1cc(Cl)c2c(c1)OCCO2. The summed E-state index contributed by atoms with van der Waals surface area (Å²) >= 11 is 8.34. The molecule has 2 aromatic carbocycles. The molecule has 1 heterocycles. The second-order valence-corrected chi connectivity index (χ2v) is 6.10. The van der Waals surface area contributed by atoms with E-state index in [1.165, 1.54) is 0 Å². The molecule has 0 fully saturated rings. The number of anilines is 1. The second kappa shape index (κ2) is 6.11. The molecule has 1 aliphatic rings. The number of amides is 1. The first-order valence-electron chi connectivity index (χ1n) is 6.29. The first-order chi connectivity index (χ1) is 10.1. The molecule has 3 rings (SSSR count). The molecule has 0 saturated carbocycles. The quantitative estimate of drug-likeness (QED) is 0.755. The van der Waals surface area contributed by atoms with Crippen LogP contribution < -0.4 is 14.8 Å². The third-order valence-electron chi connectivity index (χ3n) is 2.96. The molecule has 6 heteroatoms. The molecule has 0 unspecified atom stereocenters. The molecular weight excluding hydrogens is 405 g/mol. The zero-order valence-electron chi connectivity index (χ0n) is 10.9. The number of hydrogen-bond donors (Lipinski definition) is 1. The van der Waals surface area contributed by atoms with E-state index < -0.39 is 0 Å². The van der Waals surface area contributed by atoms with E-state index in [-0.39, 0.29) is 5.91 Å². The van der Waals surface area contributed by atoms with Crippen molar-refractivity contribution in [2.75, 3.05) is 18.5 Å². The van der Waals surface area contributed by atoms with E-state index >= 15 is 0 Å². The number of ether oxygens (including phenoxy) is 2. The van der Waals surface area contributed by atoms with Crippen LogP contribution in [0, 0.1) is 3.57 Å². The molecule has 4 nitrogen and oxygen atoms in total. The summed E-state index contributed by atoms with van der Waals surface area (Å²) in [6, 6.07) is 10.8. The Labute approximate surface area is 140 Å². The lowest BCUT2D eigenvalue weighted by atomic mass is 10.1. The summed E-state index contributed by atoms with van der Waals surface area (Å²) in [5.74, 6) is 0.755. The zero-order valence-corrected chi connectivity index (χ0v) is 13.8. The summed E-state index contributed by atoms with van der Waals surface area (Å²) in [7, 11) is 0. The van der Waals surface area contributed by atoms with E-state index in [1.807, 2.05) is 24.3 Å². The highest BCUT2D eigenvalue weighted by Crippen LogP contribution is 2.38. The summed E-state index contributed by atoms with van der Waals surface area (Å²) in [6.07, 6.45) is 0. The molecule has 0 saturated heterocycles. The lowest BCUT2D eigenvalue weighted by Crippen LogP contribution is -2.17. The highest BCUT2D eigenvalue weighted by atomic mass is 127. The zero-order chi connectivity index (χ0) is 14.8. The Morgan fingerprint density at radius 3 is 2.62 bits per heavy atom. The maximum Gasteiger partial charge on any atom is 0.255 e. The van der Waals surface area contributed by atoms with E-state index in [2.05, 4.69) is 27.9 Å². The number of rotatable bonds is 2. The summed E-state index contributed by atoms with van der Waals surface area (Å²) in [4.78, 5) is 12.3. The van der Waals surface area contributed by atoms with Crippen LogP contribution in [-0.2, 0) is 0 Å². The van der Waals surface area contributed by atoms with Gasteiger partial charge in [-0.3, -0.25) is 4.79 Å². The van der Waals surface area contributed by atoms with Crippen molar-refractivity contribution in [2.24, 2.45) is 0 Å². The van der Waals surface area contributed by atoms with Gasteiger partial charge in [0.2, 0.25) is 0 Å². The van der Waals surface area contributed by atoms with E-state index in [1.54, 1.807) is 12.1 Å². The lowest BCUT2D eigenvalue weighted by molar-refractivity contribution is 0.102. The van der Waals surface area contributed by atoms with Gasteiger partial charge in [0.15, 0.2) is 11.5 Å². The van der Waals surface area contributed by atoms with Gasteiger partial charge in [0.05, 0.1) is 5.02 Å². The lowest BCUT2D eigenvalue weighted by Gasteiger charge is -2.20. The number of halogens is 2. The van der Waals surface area contributed by atoms with E-state index in [0.717, 1.165) is 9.26 Å². The van der Waals surface area contributed by atoms with Gasteiger partial charge >= 0.3 is 0 Å². The molecule has 0 spiro atoms. The number of fused-ring (bicyclic) bond motifs is 1. The number of carbonyl (C=O) groups excluding carboxylic acids is 1. The number of carbonyl (C=O) groups is 1. The van der Waals surface area contributed by atoms with Crippen molar-refractivity contribution in [2.45, 2.75) is 0 Å². The Hall–Kier alpha value is -1.47. The second-order valence-electron chi connectivity index (χ2n) is 4.44. The van der Waals surface area contributed by atoms with Crippen molar-refractivity contribution in [3.8, 4) is 11.5 Å². The molecule has 1 aliphatic heterocycles. The van der Waals surface area contributed by atoms with Gasteiger partial charge in [0, 0.05) is 14.8 Å². The molecule has 1 N–H and O–H groups in total. The van der Waals surface area contributed by atoms with Crippen LogP contribution in [0.5, 0.6) is 11.5 Å². The monoisotopic (exact) mass is 415 g/mol. The van der Waals surface area contributed by atoms with E-state index in [4.69, 9.17) is 21.1 Å². The van der Waals surface area contributed by atoms with Gasteiger partial charge in [-0.05, 0) is 59.0 Å². The standard InChI is InChI=1S/C15H11ClINO3/c16-12-7-9(8-13-14(12)21-6-5-20-13)15(19)18-11-3-1-10(17)2-4-11/h1-4,7-8H,5-6H2,(H,18,19). The van der Waals surface area contributed by atoms with Crippen molar-refractivity contribution >= 4 is 45.8 Å². The summed E-state index contributed by atoms with van der Waals surface area (Å²) < 4.78 is 12.0. The predicted molar refractivity (Wildman–Crippen MR) is 89.6 cm³/mol. The normalized spacial score (nSPS) is 12.9. The van der Waals surface area contributed by atoms with Gasteiger partial charge in [-0.2, -0.15) is 0 Å². The molecule has 1 amide bonds. The third kappa shape index (κ3) is 3.24. The molecule has 0 aromatic heterocycles. The Morgan fingerprint density at radius 1 is 1.14 bits per heavy atom. The molecule has 2 aromatic rings. The molecule has 108 valence electrons. The van der Waals surface area contributed by atoms with Crippen LogP contribution in [-0.4, -0.2) is 19.1 Å². The van der Waals surface area contributed by atoms with Crippen LogP contribution in [0.1, 0.15) is 10.4 Å². The summed E-state index contributed by atoms with van der Waals surface area (Å²) in [5.41, 5.74) is 1.16. The largest absolute Gasteiger partial charge is 0.486 e. The van der Waals surface area contributed by atoms with Crippen molar-refractivity contribution in [3.63, 3.8) is 0 Å². The van der Waals surface area contributed by atoms with Crippen LogP contribution in [0.4, 0.5) is 5.69 Å². The maximum absolute atomic E-state index is 12.3. The van der Waals surface area contributed by atoms with Crippen LogP contribution in [0.15, 0.2) is 36.4 Å². The van der Waals surface area contributed by atoms with Crippen molar-refractivity contribution in [3.05, 3.63) is 50.6 Å². The van der Waals surface area contributed by atoms with Crippen molar-refractivity contribution in [1.29, 1.82) is 0 Å². The van der Waals surface area contributed by atoms with E-state index in [9.17, 15) is 4.79 Å². The average molecular weight is 416 g/mol. The fraction of sp³-hybridized carbons (Fsp3) is 0.133. The number of hydrogen-bond acceptors (Lipinski definition) is 3. The molecular formula is C15H11ClINO3. The maximum atomic E-state index is 12.3. The fourth-order valence-electron chi connectivity index (χ4n) is 1.98. The minimum atomic E-state index is -0.241. The Kier molecular flexibility index (Phi) is 4.21. The Morgan fingerprint density at radius 2 is 1.86 bits per heavy atom. The third-order valence-corrected chi connectivity index (χ3v) is 3.96. The molecule has 21 heavy (non-hydrogen) atoms. The minimum Gasteiger partial charge on any atom is -0.486 e. The topological polar surface area (TPSA) is 47.6 Å². The van der Waals surface area contributed by atoms with Gasteiger partial charge in [-0.15, -0.1) is 0 Å². The van der Waals surface area contributed by atoms with Gasteiger partial charge in [-0.25, -0.2) is 0 Å². The summed E-state index contributed by atoms with van der Waals surface area (Å²) in [5, 5.41) is 3.20. The van der Waals surface area contributed by atoms with Crippen molar-refractivity contribution < 1.29 is 14.3 Å².